The molecule has 10 heteroatoms. The van der Waals surface area contributed by atoms with Gasteiger partial charge in [-0.2, -0.15) is 4.68 Å². The SMILES string of the molecule is COC(=O)c1c(NC(=O)CSc2nnnn2-c2ccc(C)cc2)sc(C)c1C. The number of thiophene rings is 1. The standard InChI is InChI=1S/C18H19N5O3S2/c1-10-5-7-13(8-6-10)23-18(20-21-22-23)27-9-14(24)19-16-15(17(25)26-4)11(2)12(3)28-16/h5-8H,9H2,1-4H3,(H,19,24). The third kappa shape index (κ3) is 4.23. The van der Waals surface area contributed by atoms with Gasteiger partial charge in [0.15, 0.2) is 0 Å². The first kappa shape index (κ1) is 20.0. The average molecular weight is 418 g/mol. The van der Waals surface area contributed by atoms with Crippen molar-refractivity contribution in [2.75, 3.05) is 18.2 Å². The first-order valence-corrected chi connectivity index (χ1v) is 10.2. The second-order valence-electron chi connectivity index (χ2n) is 6.02. The molecule has 0 unspecified atom stereocenters. The number of benzene rings is 1. The summed E-state index contributed by atoms with van der Waals surface area (Å²) in [4.78, 5) is 25.4. The van der Waals surface area contributed by atoms with E-state index < -0.39 is 5.97 Å². The molecule has 3 aromatic rings. The highest BCUT2D eigenvalue weighted by molar-refractivity contribution is 7.99. The van der Waals surface area contributed by atoms with Crippen LogP contribution in [-0.4, -0.2) is 44.9 Å². The number of methoxy groups -OCH3 is 1. The molecular formula is C18H19N5O3S2. The fourth-order valence-electron chi connectivity index (χ4n) is 2.47. The number of hydrogen-bond acceptors (Lipinski definition) is 8. The van der Waals surface area contributed by atoms with Crippen molar-refractivity contribution in [1.82, 2.24) is 20.2 Å². The van der Waals surface area contributed by atoms with Crippen LogP contribution in [0, 0.1) is 20.8 Å². The van der Waals surface area contributed by atoms with Gasteiger partial charge < -0.3 is 10.1 Å². The summed E-state index contributed by atoms with van der Waals surface area (Å²) in [5.74, 6) is -0.619. The molecule has 0 radical (unpaired) electrons. The van der Waals surface area contributed by atoms with Gasteiger partial charge >= 0.3 is 5.97 Å². The highest BCUT2D eigenvalue weighted by atomic mass is 32.2. The molecule has 0 aliphatic rings. The highest BCUT2D eigenvalue weighted by Gasteiger charge is 2.22. The minimum absolute atomic E-state index is 0.100. The van der Waals surface area contributed by atoms with Crippen molar-refractivity contribution < 1.29 is 14.3 Å². The quantitative estimate of drug-likeness (QED) is 0.486. The lowest BCUT2D eigenvalue weighted by molar-refractivity contribution is -0.113. The molecule has 8 nitrogen and oxygen atoms in total. The van der Waals surface area contributed by atoms with Crippen molar-refractivity contribution in [2.45, 2.75) is 25.9 Å². The van der Waals surface area contributed by atoms with Crippen LogP contribution in [0.2, 0.25) is 0 Å². The number of nitrogens with zero attached hydrogens (tertiary/aromatic N) is 4. The smallest absolute Gasteiger partial charge is 0.341 e. The zero-order valence-electron chi connectivity index (χ0n) is 15.8. The van der Waals surface area contributed by atoms with E-state index in [9.17, 15) is 9.59 Å². The Morgan fingerprint density at radius 1 is 1.21 bits per heavy atom. The molecule has 0 aliphatic heterocycles. The van der Waals surface area contributed by atoms with E-state index in [1.54, 1.807) is 4.68 Å². The zero-order valence-corrected chi connectivity index (χ0v) is 17.5. The van der Waals surface area contributed by atoms with Crippen LogP contribution in [0.25, 0.3) is 5.69 Å². The molecule has 2 heterocycles. The lowest BCUT2D eigenvalue weighted by Gasteiger charge is -2.07. The van der Waals surface area contributed by atoms with E-state index in [0.717, 1.165) is 21.7 Å². The van der Waals surface area contributed by atoms with E-state index in [2.05, 4.69) is 20.8 Å². The van der Waals surface area contributed by atoms with Crippen LogP contribution in [0.4, 0.5) is 5.00 Å². The number of carbonyl (C=O) groups excluding carboxylic acids is 2. The summed E-state index contributed by atoms with van der Waals surface area (Å²) in [5.41, 5.74) is 3.15. The summed E-state index contributed by atoms with van der Waals surface area (Å²) in [6.07, 6.45) is 0. The molecule has 28 heavy (non-hydrogen) atoms. The van der Waals surface area contributed by atoms with Crippen molar-refractivity contribution in [3.05, 3.63) is 45.8 Å². The first-order valence-electron chi connectivity index (χ1n) is 8.37. The molecule has 1 N–H and O–H groups in total. The molecule has 0 aliphatic carbocycles. The van der Waals surface area contributed by atoms with Gasteiger partial charge in [0.05, 0.1) is 24.1 Å². The third-order valence-electron chi connectivity index (χ3n) is 4.08. The predicted octanol–water partition coefficient (Wildman–Crippen LogP) is 3.17. The van der Waals surface area contributed by atoms with Crippen LogP contribution in [0.1, 0.15) is 26.4 Å². The van der Waals surface area contributed by atoms with Gasteiger partial charge in [-0.3, -0.25) is 4.79 Å². The fourth-order valence-corrected chi connectivity index (χ4v) is 4.23. The van der Waals surface area contributed by atoms with E-state index in [4.69, 9.17) is 4.74 Å². The topological polar surface area (TPSA) is 99.0 Å². The minimum atomic E-state index is -0.465. The summed E-state index contributed by atoms with van der Waals surface area (Å²) in [7, 11) is 1.32. The third-order valence-corrected chi connectivity index (χ3v) is 6.12. The summed E-state index contributed by atoms with van der Waals surface area (Å²) >= 11 is 2.56. The number of tetrazole rings is 1. The van der Waals surface area contributed by atoms with Crippen molar-refractivity contribution in [1.29, 1.82) is 0 Å². The molecule has 3 rings (SSSR count). The van der Waals surface area contributed by atoms with Gasteiger partial charge in [0.25, 0.3) is 0 Å². The van der Waals surface area contributed by atoms with Crippen molar-refractivity contribution >= 4 is 40.0 Å². The number of amides is 1. The summed E-state index contributed by atoms with van der Waals surface area (Å²) in [6, 6.07) is 7.76. The lowest BCUT2D eigenvalue weighted by Crippen LogP contribution is -2.16. The Kier molecular flexibility index (Phi) is 6.10. The van der Waals surface area contributed by atoms with Crippen molar-refractivity contribution in [3.63, 3.8) is 0 Å². The summed E-state index contributed by atoms with van der Waals surface area (Å²) in [6.45, 7) is 5.73. The zero-order chi connectivity index (χ0) is 20.3. The van der Waals surface area contributed by atoms with Gasteiger partial charge in [-0.1, -0.05) is 29.5 Å². The fraction of sp³-hybridized carbons (Fsp3) is 0.278. The molecule has 2 aromatic heterocycles. The van der Waals surface area contributed by atoms with E-state index in [0.29, 0.717) is 15.7 Å². The van der Waals surface area contributed by atoms with Crippen LogP contribution >= 0.6 is 23.1 Å². The molecule has 1 amide bonds. The van der Waals surface area contributed by atoms with E-state index in [1.165, 1.54) is 30.2 Å². The molecule has 0 fully saturated rings. The van der Waals surface area contributed by atoms with Gasteiger partial charge in [-0.15, -0.1) is 16.4 Å². The van der Waals surface area contributed by atoms with E-state index in [-0.39, 0.29) is 11.7 Å². The Labute approximate surface area is 170 Å². The molecule has 1 aromatic carbocycles. The van der Waals surface area contributed by atoms with Crippen molar-refractivity contribution in [2.24, 2.45) is 0 Å². The van der Waals surface area contributed by atoms with Gasteiger partial charge in [0.2, 0.25) is 11.1 Å². The maximum Gasteiger partial charge on any atom is 0.341 e. The Morgan fingerprint density at radius 3 is 2.61 bits per heavy atom. The summed E-state index contributed by atoms with van der Waals surface area (Å²) < 4.78 is 6.41. The van der Waals surface area contributed by atoms with Gasteiger partial charge in [0, 0.05) is 4.88 Å². The second-order valence-corrected chi connectivity index (χ2v) is 8.19. The number of anilines is 1. The molecular weight excluding hydrogens is 398 g/mol. The summed E-state index contributed by atoms with van der Waals surface area (Å²) in [5, 5.41) is 15.5. The van der Waals surface area contributed by atoms with Crippen LogP contribution in [0.3, 0.4) is 0 Å². The number of aryl methyl sites for hydroxylation is 2. The monoisotopic (exact) mass is 417 g/mol. The van der Waals surface area contributed by atoms with E-state index in [1.807, 2.05) is 45.0 Å². The molecule has 0 atom stereocenters. The number of carbonyl (C=O) groups is 2. The highest BCUT2D eigenvalue weighted by Crippen LogP contribution is 2.33. The van der Waals surface area contributed by atoms with Gasteiger partial charge in [0.1, 0.15) is 5.00 Å². The van der Waals surface area contributed by atoms with Crippen LogP contribution in [0.5, 0.6) is 0 Å². The Bertz CT molecular complexity index is 1010. The molecule has 0 saturated heterocycles. The molecule has 146 valence electrons. The first-order chi connectivity index (χ1) is 13.4. The molecule has 0 bridgehead atoms. The number of aromatic nitrogens is 4. The minimum Gasteiger partial charge on any atom is -0.465 e. The van der Waals surface area contributed by atoms with Crippen LogP contribution in [0.15, 0.2) is 29.4 Å². The predicted molar refractivity (Wildman–Crippen MR) is 108 cm³/mol. The number of thioether (sulfide) groups is 1. The second kappa shape index (κ2) is 8.53. The largest absolute Gasteiger partial charge is 0.465 e. The Balaban J connectivity index is 1.70. The normalized spacial score (nSPS) is 10.7. The maximum atomic E-state index is 12.4. The maximum absolute atomic E-state index is 12.4. The van der Waals surface area contributed by atoms with Crippen molar-refractivity contribution in [3.8, 4) is 5.69 Å². The van der Waals surface area contributed by atoms with E-state index >= 15 is 0 Å². The number of ether oxygens (including phenoxy) is 1. The Morgan fingerprint density at radius 2 is 1.93 bits per heavy atom. The van der Waals surface area contributed by atoms with Crippen LogP contribution < -0.4 is 5.32 Å². The number of nitrogens with one attached hydrogen (secondary N) is 1. The molecule has 0 saturated carbocycles. The van der Waals surface area contributed by atoms with Crippen LogP contribution in [-0.2, 0) is 9.53 Å². The van der Waals surface area contributed by atoms with Gasteiger partial charge in [-0.05, 0) is 48.9 Å². The number of hydrogen-bond donors (Lipinski definition) is 1. The Hall–Kier alpha value is -2.72. The number of esters is 1. The van der Waals surface area contributed by atoms with Gasteiger partial charge in [-0.25, -0.2) is 4.79 Å². The average Bonchev–Trinajstić information content (AvgIpc) is 3.25. The lowest BCUT2D eigenvalue weighted by atomic mass is 10.1. The molecule has 0 spiro atoms. The number of rotatable bonds is 6.